The number of Topliss-reactive ketones (excluding diaryl/α,β-unsaturated/α-hetero) is 1. The first-order valence-corrected chi connectivity index (χ1v) is 10.5. The van der Waals surface area contributed by atoms with Gasteiger partial charge in [-0.15, -0.1) is 0 Å². The fourth-order valence-corrected chi connectivity index (χ4v) is 4.18. The summed E-state index contributed by atoms with van der Waals surface area (Å²) in [7, 11) is 6.51. The maximum Gasteiger partial charge on any atom is 0.354 e. The van der Waals surface area contributed by atoms with Gasteiger partial charge in [0.1, 0.15) is 17.2 Å². The van der Waals surface area contributed by atoms with Gasteiger partial charge in [0.05, 0.1) is 25.8 Å². The lowest BCUT2D eigenvalue weighted by molar-refractivity contribution is -0.140. The molecule has 0 spiro atoms. The fourth-order valence-electron chi connectivity index (χ4n) is 4.18. The number of ketones is 1. The van der Waals surface area contributed by atoms with Crippen LogP contribution in [0.5, 0.6) is 5.75 Å². The predicted molar refractivity (Wildman–Crippen MR) is 122 cm³/mol. The minimum atomic E-state index is -0.851. The average molecular weight is 456 g/mol. The molecule has 2 heterocycles. The van der Waals surface area contributed by atoms with Gasteiger partial charge in [-0.2, -0.15) is 0 Å². The second-order valence-electron chi connectivity index (χ2n) is 8.15. The summed E-state index contributed by atoms with van der Waals surface area (Å²) in [5, 5.41) is 11.4. The summed E-state index contributed by atoms with van der Waals surface area (Å²) in [5.74, 6) is -1.95. The van der Waals surface area contributed by atoms with Gasteiger partial charge in [0.25, 0.3) is 11.7 Å². The number of benzene rings is 1. The molecule has 33 heavy (non-hydrogen) atoms. The second-order valence-corrected chi connectivity index (χ2v) is 8.15. The van der Waals surface area contributed by atoms with Crippen molar-refractivity contribution in [2.45, 2.75) is 19.9 Å². The van der Waals surface area contributed by atoms with Crippen molar-refractivity contribution in [3.8, 4) is 5.75 Å². The third kappa shape index (κ3) is 4.23. The van der Waals surface area contributed by atoms with Crippen molar-refractivity contribution >= 4 is 23.4 Å². The summed E-state index contributed by atoms with van der Waals surface area (Å²) in [6, 6.07) is 6.23. The van der Waals surface area contributed by atoms with E-state index in [0.717, 1.165) is 0 Å². The number of aryl methyl sites for hydroxylation is 1. The monoisotopic (exact) mass is 455 g/mol. The highest BCUT2D eigenvalue weighted by Gasteiger charge is 2.47. The SMILES string of the molecule is COC(=O)c1[nH]c(C)c(/C(O)=C2\C(=O)C(=O)N(CCN(C)C)[C@H]2c2ccccc2OC)c1C. The van der Waals surface area contributed by atoms with Crippen molar-refractivity contribution in [2.24, 2.45) is 0 Å². The van der Waals surface area contributed by atoms with Crippen LogP contribution in [0.15, 0.2) is 29.8 Å². The standard InChI is InChI=1S/C24H29N3O6/c1-13-17(14(2)25-19(13)24(31)33-6)21(28)18-20(15-9-7-8-10-16(15)32-5)27(12-11-26(3)4)23(30)22(18)29/h7-10,20,25,28H,11-12H2,1-6H3/b21-18+/t20-/m0/s1. The van der Waals surface area contributed by atoms with Crippen molar-refractivity contribution < 1.29 is 29.0 Å². The number of nitrogens with one attached hydrogen (secondary N) is 1. The Kier molecular flexibility index (Phi) is 6.92. The number of ether oxygens (including phenoxy) is 2. The Balaban J connectivity index is 2.26. The summed E-state index contributed by atoms with van der Waals surface area (Å²) in [6.07, 6.45) is 0. The number of methoxy groups -OCH3 is 2. The van der Waals surface area contributed by atoms with E-state index in [9.17, 15) is 19.5 Å². The van der Waals surface area contributed by atoms with Gasteiger partial charge in [0, 0.05) is 29.9 Å². The molecule has 3 rings (SSSR count). The topological polar surface area (TPSA) is 112 Å². The molecule has 2 aromatic rings. The number of para-hydroxylation sites is 1. The van der Waals surface area contributed by atoms with Crippen molar-refractivity contribution in [3.05, 3.63) is 57.9 Å². The molecular weight excluding hydrogens is 426 g/mol. The maximum atomic E-state index is 13.2. The van der Waals surface area contributed by atoms with Crippen LogP contribution < -0.4 is 4.74 Å². The molecule has 1 aliphatic heterocycles. The first kappa shape index (κ1) is 24.1. The average Bonchev–Trinajstić information content (AvgIpc) is 3.23. The molecule has 0 unspecified atom stereocenters. The molecule has 176 valence electrons. The van der Waals surface area contributed by atoms with E-state index in [0.29, 0.717) is 34.7 Å². The number of likely N-dealkylation sites (N-methyl/N-ethyl adjacent to an activating group) is 1. The highest BCUT2D eigenvalue weighted by Crippen LogP contribution is 2.43. The fraction of sp³-hybridized carbons (Fsp3) is 0.375. The van der Waals surface area contributed by atoms with Crippen LogP contribution in [0.25, 0.3) is 5.76 Å². The van der Waals surface area contributed by atoms with E-state index in [-0.39, 0.29) is 23.6 Å². The van der Waals surface area contributed by atoms with Crippen LogP contribution in [0.3, 0.4) is 0 Å². The summed E-state index contributed by atoms with van der Waals surface area (Å²) < 4.78 is 10.3. The van der Waals surface area contributed by atoms with Crippen LogP contribution in [0.1, 0.15) is 38.9 Å². The Morgan fingerprint density at radius 3 is 2.45 bits per heavy atom. The number of carbonyl (C=O) groups is 3. The van der Waals surface area contributed by atoms with Gasteiger partial charge in [-0.1, -0.05) is 18.2 Å². The third-order valence-electron chi connectivity index (χ3n) is 5.83. The molecule has 0 aliphatic carbocycles. The number of likely N-dealkylation sites (tertiary alicyclic amines) is 1. The zero-order valence-corrected chi connectivity index (χ0v) is 19.7. The minimum absolute atomic E-state index is 0.0510. The molecule has 0 radical (unpaired) electrons. The molecule has 9 heteroatoms. The Hall–Kier alpha value is -3.59. The number of amides is 1. The number of esters is 1. The Morgan fingerprint density at radius 2 is 1.85 bits per heavy atom. The van der Waals surface area contributed by atoms with Crippen molar-refractivity contribution in [1.29, 1.82) is 0 Å². The van der Waals surface area contributed by atoms with Gasteiger partial charge in [-0.25, -0.2) is 4.79 Å². The molecule has 1 saturated heterocycles. The number of H-pyrrole nitrogens is 1. The molecule has 1 aliphatic rings. The van der Waals surface area contributed by atoms with Crippen LogP contribution in [-0.4, -0.2) is 79.0 Å². The van der Waals surface area contributed by atoms with Crippen LogP contribution in [0.2, 0.25) is 0 Å². The summed E-state index contributed by atoms with van der Waals surface area (Å²) in [5.41, 5.74) is 1.90. The molecular formula is C24H29N3O6. The van der Waals surface area contributed by atoms with Crippen LogP contribution in [-0.2, 0) is 14.3 Å². The number of aliphatic hydroxyl groups is 1. The number of hydrogen-bond acceptors (Lipinski definition) is 7. The molecule has 0 saturated carbocycles. The van der Waals surface area contributed by atoms with Crippen LogP contribution >= 0.6 is 0 Å². The third-order valence-corrected chi connectivity index (χ3v) is 5.83. The Labute approximate surface area is 192 Å². The van der Waals surface area contributed by atoms with Gasteiger partial charge in [0.2, 0.25) is 0 Å². The number of nitrogens with zero attached hydrogens (tertiary/aromatic N) is 2. The van der Waals surface area contributed by atoms with E-state index in [2.05, 4.69) is 4.98 Å². The lowest BCUT2D eigenvalue weighted by Crippen LogP contribution is -2.35. The van der Waals surface area contributed by atoms with E-state index in [1.165, 1.54) is 19.1 Å². The van der Waals surface area contributed by atoms with E-state index < -0.39 is 23.7 Å². The number of carbonyl (C=O) groups excluding carboxylic acids is 3. The maximum absolute atomic E-state index is 13.2. The molecule has 2 N–H and O–H groups in total. The molecule has 1 fully saturated rings. The van der Waals surface area contributed by atoms with E-state index in [4.69, 9.17) is 9.47 Å². The van der Waals surface area contributed by atoms with Gasteiger partial charge in [-0.05, 0) is 39.6 Å². The highest BCUT2D eigenvalue weighted by molar-refractivity contribution is 6.46. The molecule has 1 amide bonds. The molecule has 1 aromatic heterocycles. The number of aromatic amines is 1. The smallest absolute Gasteiger partial charge is 0.354 e. The largest absolute Gasteiger partial charge is 0.507 e. The molecule has 0 bridgehead atoms. The van der Waals surface area contributed by atoms with Crippen LogP contribution in [0.4, 0.5) is 0 Å². The lowest BCUT2D eigenvalue weighted by atomic mass is 9.93. The zero-order valence-electron chi connectivity index (χ0n) is 19.7. The highest BCUT2D eigenvalue weighted by atomic mass is 16.5. The number of hydrogen-bond donors (Lipinski definition) is 2. The van der Waals surface area contributed by atoms with Gasteiger partial charge < -0.3 is 29.4 Å². The van der Waals surface area contributed by atoms with Gasteiger partial charge in [0.15, 0.2) is 0 Å². The number of aromatic nitrogens is 1. The Morgan fingerprint density at radius 1 is 1.18 bits per heavy atom. The van der Waals surface area contributed by atoms with E-state index >= 15 is 0 Å². The van der Waals surface area contributed by atoms with Crippen molar-refractivity contribution in [1.82, 2.24) is 14.8 Å². The van der Waals surface area contributed by atoms with E-state index in [1.54, 1.807) is 38.1 Å². The lowest BCUT2D eigenvalue weighted by Gasteiger charge is -2.27. The van der Waals surface area contributed by atoms with Crippen molar-refractivity contribution in [3.63, 3.8) is 0 Å². The summed E-state index contributed by atoms with van der Waals surface area (Å²) >= 11 is 0. The number of aliphatic hydroxyl groups excluding tert-OH is 1. The minimum Gasteiger partial charge on any atom is -0.507 e. The second kappa shape index (κ2) is 9.50. The summed E-state index contributed by atoms with van der Waals surface area (Å²) in [4.78, 5) is 44.7. The normalized spacial score (nSPS) is 17.7. The first-order valence-electron chi connectivity index (χ1n) is 10.5. The molecule has 9 nitrogen and oxygen atoms in total. The molecule has 1 atom stereocenters. The van der Waals surface area contributed by atoms with Gasteiger partial charge in [-0.3, -0.25) is 9.59 Å². The zero-order chi connectivity index (χ0) is 24.4. The molecule has 1 aromatic carbocycles. The van der Waals surface area contributed by atoms with Gasteiger partial charge >= 0.3 is 5.97 Å². The quantitative estimate of drug-likeness (QED) is 0.285. The van der Waals surface area contributed by atoms with Crippen molar-refractivity contribution in [2.75, 3.05) is 41.4 Å². The van der Waals surface area contributed by atoms with E-state index in [1.807, 2.05) is 19.0 Å². The summed E-state index contributed by atoms with van der Waals surface area (Å²) in [6.45, 7) is 4.11. The predicted octanol–water partition coefficient (Wildman–Crippen LogP) is 2.41. The number of rotatable bonds is 7. The van der Waals surface area contributed by atoms with Crippen LogP contribution in [0, 0.1) is 13.8 Å². The Bertz CT molecular complexity index is 1130. The first-order chi connectivity index (χ1) is 15.6.